The van der Waals surface area contributed by atoms with E-state index in [1.807, 2.05) is 12.1 Å². The Morgan fingerprint density at radius 1 is 1.42 bits per heavy atom. The molecule has 0 spiro atoms. The van der Waals surface area contributed by atoms with Crippen LogP contribution in [0.2, 0.25) is 0 Å². The monoisotopic (exact) mass is 396 g/mol. The van der Waals surface area contributed by atoms with Gasteiger partial charge in [-0.2, -0.15) is 10.5 Å². The van der Waals surface area contributed by atoms with Crippen molar-refractivity contribution >= 4 is 33.4 Å². The summed E-state index contributed by atoms with van der Waals surface area (Å²) in [5.74, 6) is -1.88. The molecule has 0 aliphatic carbocycles. The second kappa shape index (κ2) is 7.29. The number of allylic oxidation sites excluding steroid dienone is 1. The summed E-state index contributed by atoms with van der Waals surface area (Å²) in [4.78, 5) is 24.5. The molecule has 1 saturated heterocycles. The minimum absolute atomic E-state index is 0.0585. The minimum Gasteiger partial charge on any atom is -0.351 e. The zero-order valence-electron chi connectivity index (χ0n) is 14.7. The fourth-order valence-corrected chi connectivity index (χ4v) is 5.76. The fraction of sp³-hybridized carbons (Fsp3) is 0.625. The number of nitrogens with zero attached hydrogens (tertiary/aromatic N) is 2. The van der Waals surface area contributed by atoms with E-state index in [2.05, 4.69) is 10.6 Å². The van der Waals surface area contributed by atoms with Gasteiger partial charge < -0.3 is 10.6 Å². The molecule has 8 nitrogen and oxygen atoms in total. The van der Waals surface area contributed by atoms with Crippen LogP contribution in [0.15, 0.2) is 10.6 Å². The van der Waals surface area contributed by atoms with Crippen molar-refractivity contribution < 1.29 is 18.0 Å². The molecule has 0 radical (unpaired) electrons. The van der Waals surface area contributed by atoms with Crippen LogP contribution in [-0.2, 0) is 19.4 Å². The van der Waals surface area contributed by atoms with Gasteiger partial charge in [0.1, 0.15) is 5.92 Å². The maximum absolute atomic E-state index is 12.3. The van der Waals surface area contributed by atoms with Crippen LogP contribution in [0.4, 0.5) is 0 Å². The fourth-order valence-electron chi connectivity index (χ4n) is 2.97. The summed E-state index contributed by atoms with van der Waals surface area (Å²) in [6.45, 7) is 4.90. The molecule has 2 aliphatic heterocycles. The molecule has 1 fully saturated rings. The van der Waals surface area contributed by atoms with Gasteiger partial charge in [-0.3, -0.25) is 9.59 Å². The molecule has 2 rings (SSSR count). The zero-order chi connectivity index (χ0) is 19.7. The van der Waals surface area contributed by atoms with Gasteiger partial charge in [0.15, 0.2) is 9.84 Å². The topological polar surface area (TPSA) is 140 Å². The van der Waals surface area contributed by atoms with E-state index in [-0.39, 0.29) is 28.0 Å². The number of hydrogen-bond donors (Lipinski definition) is 2. The zero-order valence-corrected chi connectivity index (χ0v) is 16.3. The third-order valence-electron chi connectivity index (χ3n) is 4.58. The predicted molar refractivity (Wildman–Crippen MR) is 95.9 cm³/mol. The Hall–Kier alpha value is -2.04. The van der Waals surface area contributed by atoms with Gasteiger partial charge in [-0.05, 0) is 13.3 Å². The summed E-state index contributed by atoms with van der Waals surface area (Å²) in [6, 6.07) is 3.54. The molecule has 3 atom stereocenters. The number of amides is 2. The van der Waals surface area contributed by atoms with Crippen molar-refractivity contribution in [3.05, 3.63) is 10.6 Å². The Balaban J connectivity index is 2.14. The first-order chi connectivity index (χ1) is 12.0. The highest BCUT2D eigenvalue weighted by Crippen LogP contribution is 2.42. The lowest BCUT2D eigenvalue weighted by atomic mass is 9.72. The first-order valence-corrected chi connectivity index (χ1v) is 10.7. The quantitative estimate of drug-likeness (QED) is 0.702. The van der Waals surface area contributed by atoms with Gasteiger partial charge in [0.05, 0.1) is 39.5 Å². The van der Waals surface area contributed by atoms with Gasteiger partial charge in [-0.15, -0.1) is 0 Å². The van der Waals surface area contributed by atoms with Gasteiger partial charge in [0.25, 0.3) is 0 Å². The molecule has 2 heterocycles. The highest BCUT2D eigenvalue weighted by molar-refractivity contribution is 8.04. The molecule has 0 aromatic rings. The van der Waals surface area contributed by atoms with E-state index in [9.17, 15) is 28.5 Å². The Morgan fingerprint density at radius 2 is 2.08 bits per heavy atom. The van der Waals surface area contributed by atoms with Crippen LogP contribution >= 0.6 is 11.8 Å². The van der Waals surface area contributed by atoms with E-state index in [0.717, 1.165) is 11.8 Å². The number of thioether (sulfide) groups is 1. The Bertz CT molecular complexity index is 848. The van der Waals surface area contributed by atoms with Crippen LogP contribution in [0, 0.1) is 34.0 Å². The smallest absolute Gasteiger partial charge is 0.243 e. The average molecular weight is 396 g/mol. The lowest BCUT2D eigenvalue weighted by Crippen LogP contribution is -2.45. The predicted octanol–water partition coefficient (Wildman–Crippen LogP) is 0.442. The van der Waals surface area contributed by atoms with Crippen LogP contribution in [0.1, 0.15) is 27.2 Å². The van der Waals surface area contributed by atoms with E-state index in [4.69, 9.17) is 0 Å². The van der Waals surface area contributed by atoms with Gasteiger partial charge >= 0.3 is 0 Å². The van der Waals surface area contributed by atoms with Crippen LogP contribution in [0.5, 0.6) is 0 Å². The van der Waals surface area contributed by atoms with Crippen molar-refractivity contribution in [1.29, 1.82) is 10.5 Å². The van der Waals surface area contributed by atoms with Crippen LogP contribution < -0.4 is 10.6 Å². The number of rotatable bonds is 4. The van der Waals surface area contributed by atoms with Crippen molar-refractivity contribution in [2.45, 2.75) is 38.5 Å². The lowest BCUT2D eigenvalue weighted by molar-refractivity contribution is -0.125. The molecule has 2 amide bonds. The normalized spacial score (nSPS) is 27.8. The van der Waals surface area contributed by atoms with Crippen molar-refractivity contribution in [2.24, 2.45) is 11.3 Å². The maximum atomic E-state index is 12.3. The second-order valence-corrected chi connectivity index (χ2v) is 10.5. The van der Waals surface area contributed by atoms with Gasteiger partial charge in [-0.25, -0.2) is 8.42 Å². The lowest BCUT2D eigenvalue weighted by Gasteiger charge is -2.35. The highest BCUT2D eigenvalue weighted by Gasteiger charge is 2.45. The number of nitriles is 2. The summed E-state index contributed by atoms with van der Waals surface area (Å²) in [5, 5.41) is 23.6. The van der Waals surface area contributed by atoms with E-state index in [1.54, 1.807) is 20.8 Å². The van der Waals surface area contributed by atoms with Gasteiger partial charge in [-0.1, -0.05) is 25.6 Å². The largest absolute Gasteiger partial charge is 0.351 e. The van der Waals surface area contributed by atoms with E-state index in [0.29, 0.717) is 6.42 Å². The maximum Gasteiger partial charge on any atom is 0.243 e. The Kier molecular flexibility index (Phi) is 5.69. The van der Waals surface area contributed by atoms with Crippen molar-refractivity contribution in [3.8, 4) is 12.1 Å². The molecule has 140 valence electrons. The first kappa shape index (κ1) is 20.3. The molecule has 0 saturated carbocycles. The number of carbonyl (C=O) groups excluding carboxylic acids is 2. The highest BCUT2D eigenvalue weighted by atomic mass is 32.2. The Labute approximate surface area is 156 Å². The number of sulfone groups is 1. The van der Waals surface area contributed by atoms with Crippen LogP contribution in [0.3, 0.4) is 0 Å². The molecule has 2 aliphatic rings. The van der Waals surface area contributed by atoms with Crippen molar-refractivity contribution in [2.75, 3.05) is 11.5 Å². The average Bonchev–Trinajstić information content (AvgIpc) is 2.85. The minimum atomic E-state index is -3.10. The molecule has 10 heteroatoms. The number of hydrogen-bond acceptors (Lipinski definition) is 7. The molecule has 0 aromatic carbocycles. The molecule has 2 N–H and O–H groups in total. The second-order valence-electron chi connectivity index (χ2n) is 6.96. The standard InChI is InChI=1S/C16H20N4O4S2/c1-9(13(21)19-10-4-5-26(23,24)8-10)25-15-12(7-18)16(2,3)11(6-17)14(22)20-15/h9-11H,4-5,8H2,1-3H3,(H,19,21)(H,20,22)/t9-,10+,11+/m0/s1. The molecule has 26 heavy (non-hydrogen) atoms. The summed E-state index contributed by atoms with van der Waals surface area (Å²) in [7, 11) is -3.10. The van der Waals surface area contributed by atoms with Crippen LogP contribution in [-0.4, -0.2) is 43.0 Å². The summed E-state index contributed by atoms with van der Waals surface area (Å²) in [6.07, 6.45) is 0.380. The van der Waals surface area contributed by atoms with E-state index in [1.165, 1.54) is 0 Å². The third kappa shape index (κ3) is 4.02. The molecular formula is C16H20N4O4S2. The summed E-state index contributed by atoms with van der Waals surface area (Å²) in [5.41, 5.74) is -0.721. The third-order valence-corrected chi connectivity index (χ3v) is 7.45. The SMILES string of the molecule is C[C@H](SC1=C(C#N)C(C)(C)[C@H](C#N)C(=O)N1)C(=O)N[C@@H]1CCS(=O)(=O)C1. The summed E-state index contributed by atoms with van der Waals surface area (Å²) >= 11 is 1.02. The molecule has 0 aromatic heterocycles. The number of nitrogens with one attached hydrogen (secondary N) is 2. The van der Waals surface area contributed by atoms with Gasteiger partial charge in [0, 0.05) is 11.5 Å². The molecule has 0 bridgehead atoms. The van der Waals surface area contributed by atoms with Crippen molar-refractivity contribution in [1.82, 2.24) is 10.6 Å². The van der Waals surface area contributed by atoms with Crippen molar-refractivity contribution in [3.63, 3.8) is 0 Å². The molecule has 0 unspecified atom stereocenters. The van der Waals surface area contributed by atoms with Gasteiger partial charge in [0.2, 0.25) is 11.8 Å². The summed E-state index contributed by atoms with van der Waals surface area (Å²) < 4.78 is 23.0. The van der Waals surface area contributed by atoms with E-state index < -0.39 is 38.4 Å². The Morgan fingerprint density at radius 3 is 2.58 bits per heavy atom. The first-order valence-electron chi connectivity index (χ1n) is 8.04. The molecular weight excluding hydrogens is 376 g/mol. The van der Waals surface area contributed by atoms with Crippen LogP contribution in [0.25, 0.3) is 0 Å². The van der Waals surface area contributed by atoms with E-state index >= 15 is 0 Å². The number of carbonyl (C=O) groups is 2.